The standard InChI is InChI=1S/C20H20FN3O3/c1-19-6-8-25-10-16(19)20(11-26-18(22)24-20)14-9-12(4-5-15(14)27-19)13-3-2-7-23-17(13)21/h2-5,7,9,16H,6,8,10-11H2,1H3,(H2,22,24)/t16?,19-,20?/m0/s1. The molecule has 3 aliphatic rings. The van der Waals surface area contributed by atoms with Crippen LogP contribution in [0.2, 0.25) is 0 Å². The summed E-state index contributed by atoms with van der Waals surface area (Å²) < 4.78 is 32.0. The van der Waals surface area contributed by atoms with E-state index >= 15 is 0 Å². The van der Waals surface area contributed by atoms with Crippen LogP contribution in [0.5, 0.6) is 5.75 Å². The molecule has 2 N–H and O–H groups in total. The topological polar surface area (TPSA) is 79.0 Å². The Hall–Kier alpha value is -2.67. The minimum atomic E-state index is -0.707. The van der Waals surface area contributed by atoms with Crippen molar-refractivity contribution in [1.29, 1.82) is 0 Å². The maximum Gasteiger partial charge on any atom is 0.283 e. The van der Waals surface area contributed by atoms with Crippen molar-refractivity contribution >= 4 is 6.02 Å². The third-order valence-electron chi connectivity index (χ3n) is 5.95. The quantitative estimate of drug-likeness (QED) is 0.782. The summed E-state index contributed by atoms with van der Waals surface area (Å²) in [5.74, 6) is 0.159. The van der Waals surface area contributed by atoms with Gasteiger partial charge in [-0.1, -0.05) is 6.07 Å². The first kappa shape index (κ1) is 16.5. The number of nitrogens with two attached hydrogens (primary N) is 1. The molecule has 27 heavy (non-hydrogen) atoms. The van der Waals surface area contributed by atoms with Crippen molar-refractivity contribution < 1.29 is 18.6 Å². The van der Waals surface area contributed by atoms with E-state index in [1.807, 2.05) is 18.2 Å². The zero-order valence-electron chi connectivity index (χ0n) is 14.9. The van der Waals surface area contributed by atoms with E-state index in [-0.39, 0.29) is 11.9 Å². The number of aromatic nitrogens is 1. The third-order valence-corrected chi connectivity index (χ3v) is 5.95. The van der Waals surface area contributed by atoms with Gasteiger partial charge in [0.2, 0.25) is 5.95 Å². The van der Waals surface area contributed by atoms with Crippen molar-refractivity contribution in [3.05, 3.63) is 48.0 Å². The molecule has 1 aromatic carbocycles. The maximum absolute atomic E-state index is 14.2. The fourth-order valence-electron chi connectivity index (χ4n) is 4.52. The van der Waals surface area contributed by atoms with Crippen molar-refractivity contribution in [2.45, 2.75) is 24.5 Å². The number of benzene rings is 1. The summed E-state index contributed by atoms with van der Waals surface area (Å²) in [6.45, 7) is 3.54. The van der Waals surface area contributed by atoms with E-state index in [1.54, 1.807) is 12.1 Å². The normalized spacial score (nSPS) is 31.5. The highest BCUT2D eigenvalue weighted by Crippen LogP contribution is 2.54. The summed E-state index contributed by atoms with van der Waals surface area (Å²) in [4.78, 5) is 8.47. The number of amidine groups is 1. The van der Waals surface area contributed by atoms with E-state index in [4.69, 9.17) is 24.9 Å². The van der Waals surface area contributed by atoms with Crippen LogP contribution in [0.25, 0.3) is 11.1 Å². The number of rotatable bonds is 1. The Morgan fingerprint density at radius 3 is 2.96 bits per heavy atom. The number of pyridine rings is 1. The van der Waals surface area contributed by atoms with Gasteiger partial charge in [0, 0.05) is 23.7 Å². The van der Waals surface area contributed by atoms with Crippen LogP contribution in [-0.4, -0.2) is 36.4 Å². The van der Waals surface area contributed by atoms with Gasteiger partial charge >= 0.3 is 0 Å². The predicted molar refractivity (Wildman–Crippen MR) is 96.8 cm³/mol. The second-order valence-corrected chi connectivity index (χ2v) is 7.51. The second kappa shape index (κ2) is 5.66. The fraction of sp³-hybridized carbons (Fsp3) is 0.400. The third kappa shape index (κ3) is 2.34. The summed E-state index contributed by atoms with van der Waals surface area (Å²) in [6, 6.07) is 9.21. The largest absolute Gasteiger partial charge is 0.487 e. The van der Waals surface area contributed by atoms with E-state index in [0.29, 0.717) is 30.9 Å². The first-order valence-corrected chi connectivity index (χ1v) is 9.02. The lowest BCUT2D eigenvalue weighted by atomic mass is 9.66. The van der Waals surface area contributed by atoms with Crippen LogP contribution < -0.4 is 10.5 Å². The Morgan fingerprint density at radius 2 is 2.19 bits per heavy atom. The van der Waals surface area contributed by atoms with E-state index in [9.17, 15) is 4.39 Å². The van der Waals surface area contributed by atoms with Crippen LogP contribution in [0.3, 0.4) is 0 Å². The molecule has 0 aliphatic carbocycles. The van der Waals surface area contributed by atoms with Gasteiger partial charge in [-0.15, -0.1) is 0 Å². The molecule has 0 radical (unpaired) electrons. The molecule has 0 saturated carbocycles. The molecule has 140 valence electrons. The number of nitrogens with zero attached hydrogens (tertiary/aromatic N) is 2. The van der Waals surface area contributed by atoms with Gasteiger partial charge in [0.05, 0.1) is 19.1 Å². The second-order valence-electron chi connectivity index (χ2n) is 7.51. The number of aliphatic imine (C=N–C) groups is 1. The van der Waals surface area contributed by atoms with Gasteiger partial charge in [0.1, 0.15) is 23.5 Å². The smallest absolute Gasteiger partial charge is 0.283 e. The van der Waals surface area contributed by atoms with Crippen molar-refractivity contribution in [2.24, 2.45) is 16.6 Å². The lowest BCUT2D eigenvalue weighted by Gasteiger charge is -2.52. The maximum atomic E-state index is 14.2. The highest BCUT2D eigenvalue weighted by Gasteiger charge is 2.59. The molecule has 1 spiro atoms. The number of halogens is 1. The Balaban J connectivity index is 1.71. The average molecular weight is 369 g/mol. The molecule has 0 amide bonds. The highest BCUT2D eigenvalue weighted by molar-refractivity contribution is 5.75. The van der Waals surface area contributed by atoms with Gasteiger partial charge in [0.15, 0.2) is 0 Å². The lowest BCUT2D eigenvalue weighted by Crippen LogP contribution is -2.59. The Bertz CT molecular complexity index is 950. The first-order chi connectivity index (χ1) is 13.0. The van der Waals surface area contributed by atoms with Gasteiger partial charge in [-0.05, 0) is 36.8 Å². The van der Waals surface area contributed by atoms with E-state index in [0.717, 1.165) is 17.7 Å². The Morgan fingerprint density at radius 1 is 1.30 bits per heavy atom. The fourth-order valence-corrected chi connectivity index (χ4v) is 4.52. The molecule has 2 aromatic rings. The van der Waals surface area contributed by atoms with E-state index in [2.05, 4.69) is 11.9 Å². The first-order valence-electron chi connectivity index (χ1n) is 9.02. The van der Waals surface area contributed by atoms with Crippen molar-refractivity contribution in [3.8, 4) is 16.9 Å². The summed E-state index contributed by atoms with van der Waals surface area (Å²) in [5, 5.41) is 0. The van der Waals surface area contributed by atoms with Crippen LogP contribution >= 0.6 is 0 Å². The van der Waals surface area contributed by atoms with Gasteiger partial charge in [-0.2, -0.15) is 4.39 Å². The summed E-state index contributed by atoms with van der Waals surface area (Å²) in [6.07, 6.45) is 2.19. The molecule has 2 unspecified atom stereocenters. The Kier molecular flexibility index (Phi) is 3.46. The zero-order valence-corrected chi connectivity index (χ0v) is 14.9. The predicted octanol–water partition coefficient (Wildman–Crippen LogP) is 2.62. The van der Waals surface area contributed by atoms with E-state index in [1.165, 1.54) is 6.20 Å². The van der Waals surface area contributed by atoms with Crippen LogP contribution in [0.1, 0.15) is 18.9 Å². The number of fused-ring (bicyclic) bond motifs is 4. The molecule has 3 atom stereocenters. The van der Waals surface area contributed by atoms with Crippen molar-refractivity contribution in [3.63, 3.8) is 0 Å². The summed E-state index contributed by atoms with van der Waals surface area (Å²) >= 11 is 0. The molecular formula is C20H20FN3O3. The van der Waals surface area contributed by atoms with Gasteiger partial charge in [-0.25, -0.2) is 9.98 Å². The van der Waals surface area contributed by atoms with Crippen molar-refractivity contribution in [2.75, 3.05) is 19.8 Å². The molecule has 5 rings (SSSR count). The minimum absolute atomic E-state index is 0.0544. The van der Waals surface area contributed by atoms with E-state index < -0.39 is 17.1 Å². The van der Waals surface area contributed by atoms with Gasteiger partial charge < -0.3 is 19.9 Å². The van der Waals surface area contributed by atoms with Crippen molar-refractivity contribution in [1.82, 2.24) is 4.98 Å². The van der Waals surface area contributed by atoms with Gasteiger partial charge in [0.25, 0.3) is 6.02 Å². The van der Waals surface area contributed by atoms with Crippen LogP contribution in [0, 0.1) is 11.9 Å². The molecule has 6 nitrogen and oxygen atoms in total. The highest BCUT2D eigenvalue weighted by atomic mass is 19.1. The molecule has 7 heteroatoms. The number of hydrogen-bond acceptors (Lipinski definition) is 6. The average Bonchev–Trinajstić information content (AvgIpc) is 3.04. The molecule has 1 saturated heterocycles. The molecule has 3 aliphatic heterocycles. The van der Waals surface area contributed by atoms with Crippen LogP contribution in [0.4, 0.5) is 4.39 Å². The van der Waals surface area contributed by atoms with Gasteiger partial charge in [-0.3, -0.25) is 0 Å². The summed E-state index contributed by atoms with van der Waals surface area (Å²) in [7, 11) is 0. The SMILES string of the molecule is C[C@]12CCOCC1C1(COC(N)=N1)c1cc(-c3cccnc3F)ccc1O2. The molecule has 4 heterocycles. The van der Waals surface area contributed by atoms with Crippen LogP contribution in [-0.2, 0) is 15.0 Å². The number of ether oxygens (including phenoxy) is 3. The monoisotopic (exact) mass is 369 g/mol. The summed E-state index contributed by atoms with van der Waals surface area (Å²) in [5.41, 5.74) is 6.76. The lowest BCUT2D eigenvalue weighted by molar-refractivity contribution is -0.129. The molecule has 1 fully saturated rings. The molecule has 0 bridgehead atoms. The Labute approximate surface area is 156 Å². The van der Waals surface area contributed by atoms with Crippen LogP contribution in [0.15, 0.2) is 41.5 Å². The minimum Gasteiger partial charge on any atom is -0.487 e. The zero-order chi connectivity index (χ0) is 18.6. The molecule has 1 aromatic heterocycles. The number of hydrogen-bond donors (Lipinski definition) is 1. The molecular weight excluding hydrogens is 349 g/mol.